The molecule has 3 heterocycles. The highest BCUT2D eigenvalue weighted by molar-refractivity contribution is 7.15. The molecule has 1 N–H and O–H groups in total. The van der Waals surface area contributed by atoms with Crippen molar-refractivity contribution in [1.82, 2.24) is 30.4 Å². The van der Waals surface area contributed by atoms with Crippen LogP contribution in [0.15, 0.2) is 30.6 Å². The number of amides is 1. The van der Waals surface area contributed by atoms with E-state index in [0.29, 0.717) is 5.13 Å². The smallest absolute Gasteiger partial charge is 0.230 e. The molecule has 25 heavy (non-hydrogen) atoms. The number of tetrazole rings is 1. The first-order valence-electron chi connectivity index (χ1n) is 7.85. The molecule has 9 nitrogen and oxygen atoms in total. The highest BCUT2D eigenvalue weighted by Gasteiger charge is 2.22. The van der Waals surface area contributed by atoms with Gasteiger partial charge in [-0.25, -0.2) is 4.68 Å². The monoisotopic (exact) mass is 357 g/mol. The van der Waals surface area contributed by atoms with Crippen LogP contribution in [-0.4, -0.2) is 42.9 Å². The van der Waals surface area contributed by atoms with Gasteiger partial charge in [0.15, 0.2) is 0 Å². The van der Waals surface area contributed by atoms with Gasteiger partial charge in [0.25, 0.3) is 0 Å². The first-order valence-corrected chi connectivity index (χ1v) is 8.67. The molecule has 1 atom stereocenters. The number of benzene rings is 1. The molecular weight excluding hydrogens is 342 g/mol. The van der Waals surface area contributed by atoms with Crippen molar-refractivity contribution in [3.63, 3.8) is 0 Å². The molecule has 128 valence electrons. The van der Waals surface area contributed by atoms with Crippen molar-refractivity contribution in [2.24, 2.45) is 0 Å². The van der Waals surface area contributed by atoms with E-state index in [1.165, 1.54) is 17.7 Å². The highest BCUT2D eigenvalue weighted by Crippen LogP contribution is 2.31. The predicted molar refractivity (Wildman–Crippen MR) is 89.3 cm³/mol. The zero-order chi connectivity index (χ0) is 17.1. The van der Waals surface area contributed by atoms with Crippen LogP contribution >= 0.6 is 11.3 Å². The number of carbonyl (C=O) groups excluding carboxylic acids is 1. The fourth-order valence-corrected chi connectivity index (χ4v) is 3.43. The Labute approximate surface area is 147 Å². The summed E-state index contributed by atoms with van der Waals surface area (Å²) in [5.74, 6) is -0.134. The topological polar surface area (TPSA) is 108 Å². The predicted octanol–water partition coefficient (Wildman–Crippen LogP) is 1.55. The van der Waals surface area contributed by atoms with E-state index in [9.17, 15) is 4.79 Å². The number of hydrogen-bond donors (Lipinski definition) is 1. The van der Waals surface area contributed by atoms with Crippen LogP contribution in [0.25, 0.3) is 5.69 Å². The zero-order valence-electron chi connectivity index (χ0n) is 13.2. The van der Waals surface area contributed by atoms with Gasteiger partial charge in [-0.15, -0.1) is 15.3 Å². The van der Waals surface area contributed by atoms with Gasteiger partial charge in [0.05, 0.1) is 12.1 Å². The molecule has 2 aromatic heterocycles. The van der Waals surface area contributed by atoms with Crippen LogP contribution in [0.5, 0.6) is 0 Å². The molecule has 1 aliphatic rings. The molecule has 1 amide bonds. The maximum Gasteiger partial charge on any atom is 0.230 e. The van der Waals surface area contributed by atoms with E-state index in [0.717, 1.165) is 35.7 Å². The van der Waals surface area contributed by atoms with Crippen molar-refractivity contribution < 1.29 is 9.53 Å². The fraction of sp³-hybridized carbons (Fsp3) is 0.333. The Kier molecular flexibility index (Phi) is 4.44. The molecule has 0 aliphatic carbocycles. The molecular formula is C15H15N7O2S. The Bertz CT molecular complexity index is 841. The molecule has 0 radical (unpaired) electrons. The Morgan fingerprint density at radius 2 is 2.20 bits per heavy atom. The number of carbonyl (C=O) groups is 1. The lowest BCUT2D eigenvalue weighted by Gasteiger charge is -2.04. The van der Waals surface area contributed by atoms with Gasteiger partial charge in [-0.05, 0) is 41.0 Å². The zero-order valence-corrected chi connectivity index (χ0v) is 14.0. The third-order valence-corrected chi connectivity index (χ3v) is 4.74. The number of nitrogens with one attached hydrogen (secondary N) is 1. The van der Waals surface area contributed by atoms with Gasteiger partial charge in [0.1, 0.15) is 17.4 Å². The number of nitrogens with zero attached hydrogens (tertiary/aromatic N) is 6. The lowest BCUT2D eigenvalue weighted by Crippen LogP contribution is -2.14. The molecule has 10 heteroatoms. The Morgan fingerprint density at radius 1 is 1.32 bits per heavy atom. The lowest BCUT2D eigenvalue weighted by atomic mass is 10.1. The van der Waals surface area contributed by atoms with Gasteiger partial charge in [-0.2, -0.15) is 0 Å². The third kappa shape index (κ3) is 3.69. The van der Waals surface area contributed by atoms with Crippen LogP contribution in [0.4, 0.5) is 5.13 Å². The summed E-state index contributed by atoms with van der Waals surface area (Å²) in [6, 6.07) is 7.46. The van der Waals surface area contributed by atoms with Gasteiger partial charge < -0.3 is 10.1 Å². The van der Waals surface area contributed by atoms with Crippen molar-refractivity contribution >= 4 is 22.4 Å². The molecule has 3 aromatic rings. The van der Waals surface area contributed by atoms with Crippen molar-refractivity contribution in [3.8, 4) is 5.69 Å². The standard InChI is InChI=1S/C15H15N7O2S/c23-13(17-15-19-18-14(25-15)12-2-1-7-24-12)8-10-3-5-11(6-4-10)22-9-16-20-21-22/h3-6,9,12H,1-2,7-8H2,(H,17,19,23). The van der Waals surface area contributed by atoms with Crippen molar-refractivity contribution in [3.05, 3.63) is 41.2 Å². The summed E-state index contributed by atoms with van der Waals surface area (Å²) in [6.07, 6.45) is 3.78. The average Bonchev–Trinajstić information content (AvgIpc) is 3.37. The number of rotatable bonds is 5. The van der Waals surface area contributed by atoms with Gasteiger partial charge in [-0.3, -0.25) is 4.79 Å². The summed E-state index contributed by atoms with van der Waals surface area (Å²) in [5.41, 5.74) is 1.72. The average molecular weight is 357 g/mol. The van der Waals surface area contributed by atoms with E-state index in [1.54, 1.807) is 4.68 Å². The Balaban J connectivity index is 1.35. The second kappa shape index (κ2) is 7.03. The van der Waals surface area contributed by atoms with Crippen LogP contribution < -0.4 is 5.32 Å². The minimum atomic E-state index is -0.134. The van der Waals surface area contributed by atoms with Crippen molar-refractivity contribution in [2.45, 2.75) is 25.4 Å². The molecule has 0 saturated carbocycles. The summed E-state index contributed by atoms with van der Waals surface area (Å²) in [4.78, 5) is 12.2. The van der Waals surface area contributed by atoms with Crippen LogP contribution in [0.1, 0.15) is 29.5 Å². The minimum Gasteiger partial charge on any atom is -0.371 e. The molecule has 4 rings (SSSR count). The minimum absolute atomic E-state index is 0.0157. The lowest BCUT2D eigenvalue weighted by molar-refractivity contribution is -0.115. The van der Waals surface area contributed by atoms with E-state index in [4.69, 9.17) is 4.74 Å². The first-order chi connectivity index (χ1) is 12.3. The summed E-state index contributed by atoms with van der Waals surface area (Å²) < 4.78 is 7.13. The molecule has 1 saturated heterocycles. The quantitative estimate of drug-likeness (QED) is 0.738. The SMILES string of the molecule is O=C(Cc1ccc(-n2cnnn2)cc1)Nc1nnc(C2CCCO2)s1. The Morgan fingerprint density at radius 3 is 2.92 bits per heavy atom. The van der Waals surface area contributed by atoms with Crippen molar-refractivity contribution in [1.29, 1.82) is 0 Å². The van der Waals surface area contributed by atoms with Crippen LogP contribution in [0, 0.1) is 0 Å². The van der Waals surface area contributed by atoms with Gasteiger partial charge in [0.2, 0.25) is 11.0 Å². The largest absolute Gasteiger partial charge is 0.371 e. The second-order valence-electron chi connectivity index (χ2n) is 5.59. The number of aromatic nitrogens is 6. The third-order valence-electron chi connectivity index (χ3n) is 3.81. The molecule has 1 aromatic carbocycles. The van der Waals surface area contributed by atoms with E-state index in [2.05, 4.69) is 31.0 Å². The van der Waals surface area contributed by atoms with Crippen LogP contribution in [-0.2, 0) is 16.0 Å². The molecule has 1 unspecified atom stereocenters. The molecule has 1 aliphatic heterocycles. The Hall–Kier alpha value is -2.72. The molecule has 1 fully saturated rings. The van der Waals surface area contributed by atoms with E-state index in [-0.39, 0.29) is 18.4 Å². The maximum atomic E-state index is 12.2. The summed E-state index contributed by atoms with van der Waals surface area (Å²) in [6.45, 7) is 0.757. The second-order valence-corrected chi connectivity index (χ2v) is 6.60. The summed E-state index contributed by atoms with van der Waals surface area (Å²) in [7, 11) is 0. The normalized spacial score (nSPS) is 16.9. The number of anilines is 1. The van der Waals surface area contributed by atoms with Gasteiger partial charge in [-0.1, -0.05) is 23.5 Å². The molecule has 0 spiro atoms. The van der Waals surface area contributed by atoms with Gasteiger partial charge in [0, 0.05) is 6.61 Å². The van der Waals surface area contributed by atoms with E-state index < -0.39 is 0 Å². The summed E-state index contributed by atoms with van der Waals surface area (Å²) >= 11 is 1.37. The maximum absolute atomic E-state index is 12.2. The van der Waals surface area contributed by atoms with Crippen molar-refractivity contribution in [2.75, 3.05) is 11.9 Å². The fourth-order valence-electron chi connectivity index (χ4n) is 2.58. The summed E-state index contributed by atoms with van der Waals surface area (Å²) in [5, 5.41) is 23.2. The number of hydrogen-bond acceptors (Lipinski definition) is 8. The molecule has 0 bridgehead atoms. The number of ether oxygens (including phenoxy) is 1. The first kappa shape index (κ1) is 15.8. The van der Waals surface area contributed by atoms with Crippen LogP contribution in [0.3, 0.4) is 0 Å². The highest BCUT2D eigenvalue weighted by atomic mass is 32.1. The van der Waals surface area contributed by atoms with E-state index >= 15 is 0 Å². The van der Waals surface area contributed by atoms with Gasteiger partial charge >= 0.3 is 0 Å². The van der Waals surface area contributed by atoms with E-state index in [1.807, 2.05) is 24.3 Å². The van der Waals surface area contributed by atoms with Crippen LogP contribution in [0.2, 0.25) is 0 Å².